The van der Waals surface area contributed by atoms with Gasteiger partial charge in [0.1, 0.15) is 5.56 Å². The number of benzene rings is 1. The summed E-state index contributed by atoms with van der Waals surface area (Å²) in [4.78, 5) is 38.4. The molecule has 3 N–H and O–H groups in total. The molecule has 6 heteroatoms. The number of carbonyl (C=O) groups excluding carboxylic acids is 1. The first-order valence-electron chi connectivity index (χ1n) is 7.86. The van der Waals surface area contributed by atoms with Crippen LogP contribution in [-0.2, 0) is 12.8 Å². The third kappa shape index (κ3) is 3.08. The van der Waals surface area contributed by atoms with Gasteiger partial charge >= 0.3 is 5.97 Å². The number of hydrogen-bond donors (Lipinski definition) is 3. The van der Waals surface area contributed by atoms with Crippen molar-refractivity contribution in [3.63, 3.8) is 0 Å². The number of aromatic amines is 1. The lowest BCUT2D eigenvalue weighted by atomic mass is 9.95. The highest BCUT2D eigenvalue weighted by molar-refractivity contribution is 6.04. The van der Waals surface area contributed by atoms with Crippen LogP contribution >= 0.6 is 0 Å². The molecule has 6 nitrogen and oxygen atoms in total. The molecule has 1 aromatic heterocycles. The van der Waals surface area contributed by atoms with Gasteiger partial charge in [-0.1, -0.05) is 0 Å². The van der Waals surface area contributed by atoms with Crippen molar-refractivity contribution in [2.75, 3.05) is 5.32 Å². The Kier molecular flexibility index (Phi) is 4.20. The Labute approximate surface area is 138 Å². The lowest BCUT2D eigenvalue weighted by Crippen LogP contribution is -2.26. The summed E-state index contributed by atoms with van der Waals surface area (Å²) in [5, 5.41) is 11.7. The molecule has 0 atom stereocenters. The molecule has 0 saturated heterocycles. The number of nitrogens with one attached hydrogen (secondary N) is 2. The number of aryl methyl sites for hydroxylation is 3. The predicted molar refractivity (Wildman–Crippen MR) is 89.8 cm³/mol. The topological polar surface area (TPSA) is 99.3 Å². The highest BCUT2D eigenvalue weighted by Crippen LogP contribution is 2.20. The van der Waals surface area contributed by atoms with Crippen molar-refractivity contribution < 1.29 is 14.7 Å². The van der Waals surface area contributed by atoms with Gasteiger partial charge in [0.25, 0.3) is 11.5 Å². The summed E-state index contributed by atoms with van der Waals surface area (Å²) in [5.41, 5.74) is 2.80. The van der Waals surface area contributed by atoms with Gasteiger partial charge in [0, 0.05) is 11.4 Å². The number of rotatable bonds is 3. The fourth-order valence-electron chi connectivity index (χ4n) is 3.02. The molecule has 3 rings (SSSR count). The average Bonchev–Trinajstić information content (AvgIpc) is 2.53. The molecule has 0 bridgehead atoms. The van der Waals surface area contributed by atoms with Crippen molar-refractivity contribution >= 4 is 17.6 Å². The zero-order valence-electron chi connectivity index (χ0n) is 13.3. The second kappa shape index (κ2) is 6.31. The number of hydrogen-bond acceptors (Lipinski definition) is 3. The van der Waals surface area contributed by atoms with Crippen molar-refractivity contribution in [1.82, 2.24) is 4.98 Å². The van der Waals surface area contributed by atoms with E-state index in [2.05, 4.69) is 10.3 Å². The fraction of sp³-hybridized carbons (Fsp3) is 0.278. The van der Waals surface area contributed by atoms with E-state index in [0.717, 1.165) is 36.9 Å². The quantitative estimate of drug-likeness (QED) is 0.807. The minimum Gasteiger partial charge on any atom is -0.478 e. The molecule has 0 spiro atoms. The van der Waals surface area contributed by atoms with Crippen molar-refractivity contribution in [3.05, 3.63) is 62.6 Å². The number of anilines is 1. The van der Waals surface area contributed by atoms with E-state index in [1.807, 2.05) is 0 Å². The van der Waals surface area contributed by atoms with Gasteiger partial charge in [0.2, 0.25) is 0 Å². The Morgan fingerprint density at radius 2 is 1.88 bits per heavy atom. The molecule has 0 aliphatic heterocycles. The standard InChI is InChI=1S/C18H18N2O4/c1-10-8-12(6-7-13(10)18(23)24)19-16(21)14-9-11-4-2-3-5-15(11)20-17(14)22/h6-9H,2-5H2,1H3,(H,19,21)(H,20,22)(H,23,24). The Balaban J connectivity index is 1.86. The van der Waals surface area contributed by atoms with Gasteiger partial charge in [-0.05, 0) is 68.0 Å². The van der Waals surface area contributed by atoms with Crippen LogP contribution in [0.15, 0.2) is 29.1 Å². The highest BCUT2D eigenvalue weighted by atomic mass is 16.4. The van der Waals surface area contributed by atoms with Crippen LogP contribution in [0, 0.1) is 6.92 Å². The average molecular weight is 326 g/mol. The van der Waals surface area contributed by atoms with Crippen molar-refractivity contribution in [2.45, 2.75) is 32.6 Å². The maximum Gasteiger partial charge on any atom is 0.335 e. The second-order valence-corrected chi connectivity index (χ2v) is 6.01. The van der Waals surface area contributed by atoms with Crippen LogP contribution in [0.1, 0.15) is 50.4 Å². The van der Waals surface area contributed by atoms with Crippen LogP contribution in [0.4, 0.5) is 5.69 Å². The summed E-state index contributed by atoms with van der Waals surface area (Å²) in [6.45, 7) is 1.66. The molecule has 0 saturated carbocycles. The smallest absolute Gasteiger partial charge is 0.335 e. The summed E-state index contributed by atoms with van der Waals surface area (Å²) in [6, 6.07) is 6.19. The number of aromatic carboxylic acids is 1. The molecular weight excluding hydrogens is 308 g/mol. The summed E-state index contributed by atoms with van der Waals surface area (Å²) >= 11 is 0. The van der Waals surface area contributed by atoms with Crippen LogP contribution in [-0.4, -0.2) is 22.0 Å². The van der Waals surface area contributed by atoms with E-state index in [0.29, 0.717) is 11.3 Å². The van der Waals surface area contributed by atoms with Crippen LogP contribution in [0.5, 0.6) is 0 Å². The minimum atomic E-state index is -1.02. The number of carboxylic acids is 1. The Bertz CT molecular complexity index is 883. The van der Waals surface area contributed by atoms with Gasteiger partial charge in [0.15, 0.2) is 0 Å². The number of carbonyl (C=O) groups is 2. The lowest BCUT2D eigenvalue weighted by molar-refractivity contribution is 0.0696. The van der Waals surface area contributed by atoms with Gasteiger partial charge in [-0.3, -0.25) is 9.59 Å². The first-order valence-corrected chi connectivity index (χ1v) is 7.86. The molecule has 0 fully saturated rings. The molecule has 1 aliphatic rings. The third-order valence-electron chi connectivity index (χ3n) is 4.30. The number of pyridine rings is 1. The summed E-state index contributed by atoms with van der Waals surface area (Å²) in [6.07, 6.45) is 3.79. The first kappa shape index (κ1) is 16.0. The number of H-pyrrole nitrogens is 1. The second-order valence-electron chi connectivity index (χ2n) is 6.01. The van der Waals surface area contributed by atoms with Crippen LogP contribution in [0.25, 0.3) is 0 Å². The molecule has 0 unspecified atom stereocenters. The van der Waals surface area contributed by atoms with E-state index in [9.17, 15) is 14.4 Å². The number of aromatic nitrogens is 1. The molecule has 1 heterocycles. The lowest BCUT2D eigenvalue weighted by Gasteiger charge is -2.16. The zero-order chi connectivity index (χ0) is 17.3. The fourth-order valence-corrected chi connectivity index (χ4v) is 3.02. The zero-order valence-corrected chi connectivity index (χ0v) is 13.3. The SMILES string of the molecule is Cc1cc(NC(=O)c2cc3c([nH]c2=O)CCCC3)ccc1C(=O)O. The van der Waals surface area contributed by atoms with Gasteiger partial charge in [0.05, 0.1) is 5.56 Å². The van der Waals surface area contributed by atoms with Gasteiger partial charge < -0.3 is 15.4 Å². The van der Waals surface area contributed by atoms with Crippen molar-refractivity contribution in [1.29, 1.82) is 0 Å². The predicted octanol–water partition coefficient (Wildman–Crippen LogP) is 2.51. The van der Waals surface area contributed by atoms with Crippen LogP contribution < -0.4 is 10.9 Å². The van der Waals surface area contributed by atoms with E-state index in [1.165, 1.54) is 12.1 Å². The van der Waals surface area contributed by atoms with Gasteiger partial charge in [-0.2, -0.15) is 0 Å². The molecule has 1 amide bonds. The molecule has 0 radical (unpaired) electrons. The molecule has 1 aliphatic carbocycles. The normalized spacial score (nSPS) is 13.2. The number of carboxylic acid groups (broad SMARTS) is 1. The maximum atomic E-state index is 12.4. The van der Waals surface area contributed by atoms with E-state index in [-0.39, 0.29) is 11.1 Å². The van der Waals surface area contributed by atoms with Crippen LogP contribution in [0.3, 0.4) is 0 Å². The van der Waals surface area contributed by atoms with E-state index in [4.69, 9.17) is 5.11 Å². The van der Waals surface area contributed by atoms with Crippen molar-refractivity contribution in [2.24, 2.45) is 0 Å². The molecule has 1 aromatic carbocycles. The monoisotopic (exact) mass is 326 g/mol. The largest absolute Gasteiger partial charge is 0.478 e. The van der Waals surface area contributed by atoms with Crippen molar-refractivity contribution in [3.8, 4) is 0 Å². The number of fused-ring (bicyclic) bond motifs is 1. The molecule has 2 aromatic rings. The highest BCUT2D eigenvalue weighted by Gasteiger charge is 2.17. The molecule has 124 valence electrons. The first-order chi connectivity index (χ1) is 11.5. The van der Waals surface area contributed by atoms with E-state index < -0.39 is 17.4 Å². The summed E-state index contributed by atoms with van der Waals surface area (Å²) in [7, 11) is 0. The minimum absolute atomic E-state index is 0.0793. The van der Waals surface area contributed by atoms with Gasteiger partial charge in [-0.15, -0.1) is 0 Å². The number of amides is 1. The maximum absolute atomic E-state index is 12.4. The third-order valence-corrected chi connectivity index (χ3v) is 4.30. The Hall–Kier alpha value is -2.89. The Morgan fingerprint density at radius 1 is 1.12 bits per heavy atom. The molecule has 24 heavy (non-hydrogen) atoms. The van der Waals surface area contributed by atoms with E-state index >= 15 is 0 Å². The Morgan fingerprint density at radius 3 is 2.58 bits per heavy atom. The van der Waals surface area contributed by atoms with E-state index in [1.54, 1.807) is 19.1 Å². The van der Waals surface area contributed by atoms with Crippen LogP contribution in [0.2, 0.25) is 0 Å². The summed E-state index contributed by atoms with van der Waals surface area (Å²) < 4.78 is 0. The molecular formula is C18H18N2O4. The van der Waals surface area contributed by atoms with Gasteiger partial charge in [-0.25, -0.2) is 4.79 Å². The summed E-state index contributed by atoms with van der Waals surface area (Å²) in [5.74, 6) is -1.51.